The van der Waals surface area contributed by atoms with Crippen LogP contribution in [0.2, 0.25) is 0 Å². The summed E-state index contributed by atoms with van der Waals surface area (Å²) >= 11 is 0. The zero-order chi connectivity index (χ0) is 13.1. The van der Waals surface area contributed by atoms with E-state index in [-0.39, 0.29) is 6.04 Å². The largest absolute Gasteiger partial charge is 0.324 e. The van der Waals surface area contributed by atoms with Crippen LogP contribution in [-0.4, -0.2) is 9.78 Å². The molecule has 0 bridgehead atoms. The fraction of sp³-hybridized carbons (Fsp3) is 0.400. The van der Waals surface area contributed by atoms with Crippen molar-refractivity contribution < 1.29 is 0 Å². The van der Waals surface area contributed by atoms with E-state index < -0.39 is 0 Å². The fourth-order valence-electron chi connectivity index (χ4n) is 2.15. The summed E-state index contributed by atoms with van der Waals surface area (Å²) in [7, 11) is 0. The molecule has 1 aromatic carbocycles. The Bertz CT molecular complexity index is 508. The van der Waals surface area contributed by atoms with E-state index in [4.69, 9.17) is 5.73 Å². The van der Waals surface area contributed by atoms with E-state index >= 15 is 0 Å². The fourth-order valence-corrected chi connectivity index (χ4v) is 2.15. The van der Waals surface area contributed by atoms with Crippen LogP contribution in [0.15, 0.2) is 30.6 Å². The van der Waals surface area contributed by atoms with Gasteiger partial charge in [0.15, 0.2) is 0 Å². The van der Waals surface area contributed by atoms with Crippen molar-refractivity contribution in [2.24, 2.45) is 5.73 Å². The molecule has 3 nitrogen and oxygen atoms in total. The second-order valence-electron chi connectivity index (χ2n) is 4.86. The van der Waals surface area contributed by atoms with Gasteiger partial charge < -0.3 is 5.73 Å². The van der Waals surface area contributed by atoms with Crippen LogP contribution in [0, 0.1) is 13.8 Å². The molecule has 0 fully saturated rings. The Morgan fingerprint density at radius 2 is 1.94 bits per heavy atom. The molecular weight excluding hydrogens is 222 g/mol. The Hall–Kier alpha value is -1.61. The number of nitrogens with zero attached hydrogens (tertiary/aromatic N) is 2. The summed E-state index contributed by atoms with van der Waals surface area (Å²) in [6.45, 7) is 7.19. The van der Waals surface area contributed by atoms with Gasteiger partial charge in [0, 0.05) is 17.8 Å². The predicted molar refractivity (Wildman–Crippen MR) is 74.5 cm³/mol. The second-order valence-corrected chi connectivity index (χ2v) is 4.86. The standard InChI is InChI=1S/C15H21N3/c1-4-15(16)13-8-17-18(9-13)10-14-11(2)6-5-7-12(14)3/h5-9,15H,4,10,16H2,1-3H3. The molecule has 0 aliphatic carbocycles. The molecule has 18 heavy (non-hydrogen) atoms. The zero-order valence-electron chi connectivity index (χ0n) is 11.4. The highest BCUT2D eigenvalue weighted by Gasteiger charge is 2.08. The van der Waals surface area contributed by atoms with Gasteiger partial charge in [-0.1, -0.05) is 25.1 Å². The maximum absolute atomic E-state index is 6.01. The molecule has 1 aromatic heterocycles. The number of hydrogen-bond acceptors (Lipinski definition) is 2. The van der Waals surface area contributed by atoms with Gasteiger partial charge in [-0.05, 0) is 37.0 Å². The van der Waals surface area contributed by atoms with E-state index in [1.807, 2.05) is 10.9 Å². The van der Waals surface area contributed by atoms with E-state index in [1.54, 1.807) is 0 Å². The van der Waals surface area contributed by atoms with Gasteiger partial charge in [0.1, 0.15) is 0 Å². The molecule has 1 heterocycles. The highest BCUT2D eigenvalue weighted by Crippen LogP contribution is 2.17. The quantitative estimate of drug-likeness (QED) is 0.897. The van der Waals surface area contributed by atoms with Crippen LogP contribution in [0.3, 0.4) is 0 Å². The molecule has 0 spiro atoms. The maximum atomic E-state index is 6.01. The molecule has 0 saturated carbocycles. The first-order valence-electron chi connectivity index (χ1n) is 6.44. The molecule has 2 aromatic rings. The van der Waals surface area contributed by atoms with Gasteiger partial charge in [-0.3, -0.25) is 4.68 Å². The summed E-state index contributed by atoms with van der Waals surface area (Å²) in [5.41, 5.74) is 11.1. The van der Waals surface area contributed by atoms with Gasteiger partial charge in [-0.2, -0.15) is 5.10 Å². The van der Waals surface area contributed by atoms with Gasteiger partial charge in [-0.25, -0.2) is 0 Å². The summed E-state index contributed by atoms with van der Waals surface area (Å²) in [6, 6.07) is 6.47. The minimum atomic E-state index is 0.0942. The average molecular weight is 243 g/mol. The third kappa shape index (κ3) is 2.62. The number of benzene rings is 1. The van der Waals surface area contributed by atoms with Gasteiger partial charge in [0.25, 0.3) is 0 Å². The van der Waals surface area contributed by atoms with E-state index in [9.17, 15) is 0 Å². The SMILES string of the molecule is CCC(N)c1cnn(Cc2c(C)cccc2C)c1. The topological polar surface area (TPSA) is 43.8 Å². The summed E-state index contributed by atoms with van der Waals surface area (Å²) in [4.78, 5) is 0. The van der Waals surface area contributed by atoms with Crippen LogP contribution >= 0.6 is 0 Å². The monoisotopic (exact) mass is 243 g/mol. The lowest BCUT2D eigenvalue weighted by molar-refractivity contribution is 0.671. The Morgan fingerprint density at radius 3 is 2.56 bits per heavy atom. The van der Waals surface area contributed by atoms with Gasteiger partial charge in [0.05, 0.1) is 12.7 Å². The lowest BCUT2D eigenvalue weighted by Gasteiger charge is -2.09. The van der Waals surface area contributed by atoms with Crippen LogP contribution in [0.1, 0.15) is 41.6 Å². The summed E-state index contributed by atoms with van der Waals surface area (Å²) < 4.78 is 1.97. The zero-order valence-corrected chi connectivity index (χ0v) is 11.4. The van der Waals surface area contributed by atoms with Crippen LogP contribution in [0.4, 0.5) is 0 Å². The molecular formula is C15H21N3. The van der Waals surface area contributed by atoms with Crippen molar-refractivity contribution >= 4 is 0 Å². The first kappa shape index (κ1) is 12.8. The van der Waals surface area contributed by atoms with Crippen molar-refractivity contribution in [1.29, 1.82) is 0 Å². The normalized spacial score (nSPS) is 12.7. The van der Waals surface area contributed by atoms with Gasteiger partial charge in [-0.15, -0.1) is 0 Å². The lowest BCUT2D eigenvalue weighted by Crippen LogP contribution is -2.08. The van der Waals surface area contributed by atoms with E-state index in [1.165, 1.54) is 16.7 Å². The molecule has 2 N–H and O–H groups in total. The number of aromatic nitrogens is 2. The highest BCUT2D eigenvalue weighted by atomic mass is 15.3. The Balaban J connectivity index is 2.21. The number of aryl methyl sites for hydroxylation is 2. The van der Waals surface area contributed by atoms with Gasteiger partial charge in [0.2, 0.25) is 0 Å². The highest BCUT2D eigenvalue weighted by molar-refractivity contribution is 5.33. The lowest BCUT2D eigenvalue weighted by atomic mass is 10.0. The van der Waals surface area contributed by atoms with E-state index in [0.717, 1.165) is 18.5 Å². The van der Waals surface area contributed by atoms with Crippen LogP contribution in [0.25, 0.3) is 0 Å². The molecule has 3 heteroatoms. The second kappa shape index (κ2) is 5.36. The summed E-state index contributed by atoms with van der Waals surface area (Å²) in [6.07, 6.45) is 4.87. The van der Waals surface area contributed by atoms with Crippen LogP contribution in [0.5, 0.6) is 0 Å². The van der Waals surface area contributed by atoms with E-state index in [0.29, 0.717) is 0 Å². The Morgan fingerprint density at radius 1 is 1.28 bits per heavy atom. The molecule has 0 radical (unpaired) electrons. The molecule has 96 valence electrons. The number of hydrogen-bond donors (Lipinski definition) is 1. The summed E-state index contributed by atoms with van der Waals surface area (Å²) in [5, 5.41) is 4.40. The first-order chi connectivity index (χ1) is 8.61. The average Bonchev–Trinajstić information content (AvgIpc) is 2.81. The van der Waals surface area contributed by atoms with Gasteiger partial charge >= 0.3 is 0 Å². The summed E-state index contributed by atoms with van der Waals surface area (Å²) in [5.74, 6) is 0. The third-order valence-corrected chi connectivity index (χ3v) is 3.49. The maximum Gasteiger partial charge on any atom is 0.0664 e. The first-order valence-corrected chi connectivity index (χ1v) is 6.44. The molecule has 0 amide bonds. The molecule has 0 aliphatic rings. The smallest absolute Gasteiger partial charge is 0.0664 e. The van der Waals surface area contributed by atoms with Crippen molar-refractivity contribution in [1.82, 2.24) is 9.78 Å². The Kier molecular flexibility index (Phi) is 3.82. The van der Waals surface area contributed by atoms with Crippen LogP contribution in [-0.2, 0) is 6.54 Å². The molecule has 0 saturated heterocycles. The van der Waals surface area contributed by atoms with Crippen molar-refractivity contribution in [3.8, 4) is 0 Å². The van der Waals surface area contributed by atoms with E-state index in [2.05, 4.69) is 50.3 Å². The van der Waals surface area contributed by atoms with Crippen molar-refractivity contribution in [2.45, 2.75) is 39.8 Å². The van der Waals surface area contributed by atoms with Crippen LogP contribution < -0.4 is 5.73 Å². The molecule has 2 rings (SSSR count). The van der Waals surface area contributed by atoms with Crippen molar-refractivity contribution in [2.75, 3.05) is 0 Å². The minimum Gasteiger partial charge on any atom is -0.324 e. The predicted octanol–water partition coefficient (Wildman–Crippen LogP) is 2.96. The molecule has 1 unspecified atom stereocenters. The Labute approximate surface area is 109 Å². The van der Waals surface area contributed by atoms with Crippen molar-refractivity contribution in [3.05, 3.63) is 52.8 Å². The minimum absolute atomic E-state index is 0.0942. The third-order valence-electron chi connectivity index (χ3n) is 3.49. The number of rotatable bonds is 4. The molecule has 1 atom stereocenters. The number of nitrogens with two attached hydrogens (primary N) is 1. The molecule has 0 aliphatic heterocycles. The van der Waals surface area contributed by atoms with Crippen molar-refractivity contribution in [3.63, 3.8) is 0 Å².